The summed E-state index contributed by atoms with van der Waals surface area (Å²) in [4.78, 5) is 16.8. The summed E-state index contributed by atoms with van der Waals surface area (Å²) >= 11 is 5.41. The zero-order valence-corrected chi connectivity index (χ0v) is 10.8. The molecule has 0 radical (unpaired) electrons. The molecule has 0 spiro atoms. The van der Waals surface area contributed by atoms with Gasteiger partial charge in [-0.05, 0) is 12.1 Å². The highest BCUT2D eigenvalue weighted by Crippen LogP contribution is 2.05. The summed E-state index contributed by atoms with van der Waals surface area (Å²) in [7, 11) is 3.81. The Bertz CT molecular complexity index is 486. The van der Waals surface area contributed by atoms with E-state index in [1.165, 1.54) is 6.20 Å². The van der Waals surface area contributed by atoms with E-state index in [1.54, 1.807) is 18.3 Å². The van der Waals surface area contributed by atoms with Gasteiger partial charge in [-0.3, -0.25) is 0 Å². The van der Waals surface area contributed by atoms with E-state index in [1.807, 2.05) is 19.0 Å². The Morgan fingerprint density at radius 3 is 1.89 bits per heavy atom. The lowest BCUT2D eigenvalue weighted by Gasteiger charge is -2.09. The van der Waals surface area contributed by atoms with Crippen molar-refractivity contribution in [2.45, 2.75) is 0 Å². The van der Waals surface area contributed by atoms with E-state index in [2.05, 4.69) is 19.9 Å². The molecule has 0 atom stereocenters. The van der Waals surface area contributed by atoms with Crippen LogP contribution < -0.4 is 16.4 Å². The Hall–Kier alpha value is -2.15. The lowest BCUT2D eigenvalue weighted by atomic mass is 10.5. The zero-order valence-electron chi connectivity index (χ0n) is 10.1. The van der Waals surface area contributed by atoms with Crippen LogP contribution in [0.15, 0.2) is 24.5 Å². The van der Waals surface area contributed by atoms with Crippen LogP contribution in [0.1, 0.15) is 0 Å². The zero-order chi connectivity index (χ0) is 13.5. The van der Waals surface area contributed by atoms with Gasteiger partial charge in [0.05, 0.1) is 0 Å². The maximum Gasteiger partial charge on any atom is 0.221 e. The Labute approximate surface area is 110 Å². The fraction of sp³-hybridized carbons (Fsp3) is 0.200. The van der Waals surface area contributed by atoms with E-state index in [-0.39, 0.29) is 5.95 Å². The van der Waals surface area contributed by atoms with E-state index < -0.39 is 0 Å². The molecule has 4 N–H and O–H groups in total. The second-order valence-electron chi connectivity index (χ2n) is 3.41. The summed E-state index contributed by atoms with van der Waals surface area (Å²) in [5.41, 5.74) is 10.5. The summed E-state index contributed by atoms with van der Waals surface area (Å²) in [5, 5.41) is 0.373. The molecule has 0 amide bonds. The predicted molar refractivity (Wildman–Crippen MR) is 72.2 cm³/mol. The largest absolute Gasteiger partial charge is 0.368 e. The van der Waals surface area contributed by atoms with Gasteiger partial charge in [-0.1, -0.05) is 11.6 Å². The molecule has 0 unspecified atom stereocenters. The molecule has 0 saturated heterocycles. The molecule has 0 aliphatic rings. The van der Waals surface area contributed by atoms with Gasteiger partial charge in [0, 0.05) is 26.5 Å². The maximum atomic E-state index is 5.41. The lowest BCUT2D eigenvalue weighted by molar-refractivity contribution is 1.05. The summed E-state index contributed by atoms with van der Waals surface area (Å²) in [6.45, 7) is 0. The second kappa shape index (κ2) is 6.55. The molecule has 0 fully saturated rings. The molecule has 2 aromatic rings. The van der Waals surface area contributed by atoms with Crippen molar-refractivity contribution in [1.29, 1.82) is 0 Å². The number of halogens is 1. The Kier molecular flexibility index (Phi) is 5.06. The van der Waals surface area contributed by atoms with Crippen LogP contribution >= 0.6 is 11.6 Å². The molecule has 8 heteroatoms. The Morgan fingerprint density at radius 2 is 1.56 bits per heavy atom. The number of nitrogens with two attached hydrogens (primary N) is 2. The van der Waals surface area contributed by atoms with E-state index in [9.17, 15) is 0 Å². The van der Waals surface area contributed by atoms with Crippen molar-refractivity contribution in [1.82, 2.24) is 19.9 Å². The topological polar surface area (TPSA) is 107 Å². The van der Waals surface area contributed by atoms with Crippen LogP contribution in [0.4, 0.5) is 17.7 Å². The summed E-state index contributed by atoms with van der Waals surface area (Å²) < 4.78 is 0. The van der Waals surface area contributed by atoms with Gasteiger partial charge >= 0.3 is 0 Å². The van der Waals surface area contributed by atoms with Crippen molar-refractivity contribution in [3.8, 4) is 0 Å². The fourth-order valence-electron chi connectivity index (χ4n) is 0.964. The minimum absolute atomic E-state index is 0.206. The van der Waals surface area contributed by atoms with Gasteiger partial charge in [-0.25, -0.2) is 15.0 Å². The molecule has 0 aliphatic carbocycles. The molecule has 2 heterocycles. The highest BCUT2D eigenvalue weighted by Gasteiger charge is 1.95. The number of anilines is 3. The molecule has 0 bridgehead atoms. The van der Waals surface area contributed by atoms with Crippen LogP contribution in [0.5, 0.6) is 0 Å². The smallest absolute Gasteiger partial charge is 0.221 e. The van der Waals surface area contributed by atoms with E-state index in [0.717, 1.165) is 5.82 Å². The third-order valence-corrected chi connectivity index (χ3v) is 1.97. The van der Waals surface area contributed by atoms with Crippen molar-refractivity contribution in [2.75, 3.05) is 30.5 Å². The van der Waals surface area contributed by atoms with Gasteiger partial charge in [0.25, 0.3) is 0 Å². The first-order valence-corrected chi connectivity index (χ1v) is 5.36. The molecular weight excluding hydrogens is 254 g/mol. The first-order chi connectivity index (χ1) is 8.49. The third-order valence-electron chi connectivity index (χ3n) is 1.76. The number of aromatic nitrogens is 4. The number of nitrogen functional groups attached to an aromatic ring is 2. The standard InChI is InChI=1S/C6H10N4.C4H4ClN3/c1-10(2)5-3-4-8-6(7)9-5;5-3-1-2-7-4(6)8-3/h3-4H,1-2H3,(H2,7,8,9);1-2H,(H2,6,7,8). The van der Waals surface area contributed by atoms with Gasteiger partial charge in [-0.2, -0.15) is 4.98 Å². The molecule has 0 aliphatic heterocycles. The van der Waals surface area contributed by atoms with Crippen LogP contribution in [0.25, 0.3) is 0 Å². The number of nitrogens with zero attached hydrogens (tertiary/aromatic N) is 5. The molecule has 0 aromatic carbocycles. The molecule has 18 heavy (non-hydrogen) atoms. The van der Waals surface area contributed by atoms with E-state index in [4.69, 9.17) is 23.1 Å². The summed E-state index contributed by atoms with van der Waals surface area (Å²) in [5.74, 6) is 1.34. The highest BCUT2D eigenvalue weighted by molar-refractivity contribution is 6.29. The third kappa shape index (κ3) is 4.79. The minimum Gasteiger partial charge on any atom is -0.368 e. The van der Waals surface area contributed by atoms with Gasteiger partial charge in [-0.15, -0.1) is 0 Å². The van der Waals surface area contributed by atoms with E-state index >= 15 is 0 Å². The van der Waals surface area contributed by atoms with Gasteiger partial charge < -0.3 is 16.4 Å². The van der Waals surface area contributed by atoms with Crippen LogP contribution in [-0.2, 0) is 0 Å². The summed E-state index contributed by atoms with van der Waals surface area (Å²) in [6, 6.07) is 3.37. The van der Waals surface area contributed by atoms with Crippen LogP contribution in [0.2, 0.25) is 5.15 Å². The normalized spacial score (nSPS) is 9.28. The van der Waals surface area contributed by atoms with Crippen LogP contribution in [0.3, 0.4) is 0 Å². The fourth-order valence-corrected chi connectivity index (χ4v) is 1.11. The van der Waals surface area contributed by atoms with E-state index in [0.29, 0.717) is 11.1 Å². The lowest BCUT2D eigenvalue weighted by Crippen LogP contribution is -2.11. The molecule has 2 aromatic heterocycles. The number of hydrogen-bond donors (Lipinski definition) is 2. The average Bonchev–Trinajstić information content (AvgIpc) is 2.29. The maximum absolute atomic E-state index is 5.41. The second-order valence-corrected chi connectivity index (χ2v) is 3.79. The monoisotopic (exact) mass is 267 g/mol. The predicted octanol–water partition coefficient (Wildman–Crippen LogP) is 0.837. The van der Waals surface area contributed by atoms with Crippen LogP contribution in [-0.4, -0.2) is 34.0 Å². The molecule has 96 valence electrons. The Balaban J connectivity index is 0.000000184. The van der Waals surface area contributed by atoms with Crippen molar-refractivity contribution in [2.24, 2.45) is 0 Å². The number of hydrogen-bond acceptors (Lipinski definition) is 7. The average molecular weight is 268 g/mol. The van der Waals surface area contributed by atoms with Crippen molar-refractivity contribution in [3.63, 3.8) is 0 Å². The summed E-state index contributed by atoms with van der Waals surface area (Å²) in [6.07, 6.45) is 3.14. The molecule has 0 saturated carbocycles. The van der Waals surface area contributed by atoms with Crippen LogP contribution in [0, 0.1) is 0 Å². The molecular formula is C10H14ClN7. The highest BCUT2D eigenvalue weighted by atomic mass is 35.5. The van der Waals surface area contributed by atoms with Gasteiger partial charge in [0.1, 0.15) is 11.0 Å². The molecule has 2 rings (SSSR count). The minimum atomic E-state index is 0.206. The Morgan fingerprint density at radius 1 is 1.00 bits per heavy atom. The van der Waals surface area contributed by atoms with Crippen molar-refractivity contribution < 1.29 is 0 Å². The first-order valence-electron chi connectivity index (χ1n) is 4.99. The number of rotatable bonds is 1. The molecule has 7 nitrogen and oxygen atoms in total. The van der Waals surface area contributed by atoms with Crippen molar-refractivity contribution >= 4 is 29.3 Å². The SMILES string of the molecule is CN(C)c1ccnc(N)n1.Nc1nccc(Cl)n1. The quantitative estimate of drug-likeness (QED) is 0.737. The van der Waals surface area contributed by atoms with Crippen molar-refractivity contribution in [3.05, 3.63) is 29.7 Å². The first kappa shape index (κ1) is 13.9. The van der Waals surface area contributed by atoms with Gasteiger partial charge in [0.15, 0.2) is 0 Å². The van der Waals surface area contributed by atoms with Gasteiger partial charge in [0.2, 0.25) is 11.9 Å².